The number of amides is 1. The van der Waals surface area contributed by atoms with Crippen LogP contribution in [0, 0.1) is 0 Å². The van der Waals surface area contributed by atoms with Crippen LogP contribution >= 0.6 is 11.6 Å². The van der Waals surface area contributed by atoms with Gasteiger partial charge >= 0.3 is 5.97 Å². The molecule has 2 rings (SSSR count). The summed E-state index contributed by atoms with van der Waals surface area (Å²) in [6, 6.07) is 2.08. The van der Waals surface area contributed by atoms with Crippen molar-refractivity contribution in [3.8, 4) is 22.8 Å². The van der Waals surface area contributed by atoms with Gasteiger partial charge in [0.15, 0.2) is 5.76 Å². The summed E-state index contributed by atoms with van der Waals surface area (Å²) >= 11 is 5.75. The van der Waals surface area contributed by atoms with Gasteiger partial charge in [-0.05, 0) is 12.1 Å². The number of carboxylic acid groups (broad SMARTS) is 1. The zero-order valence-corrected chi connectivity index (χ0v) is 11.6. The monoisotopic (exact) mass is 324 g/mol. The molecule has 0 radical (unpaired) electrons. The summed E-state index contributed by atoms with van der Waals surface area (Å²) in [5.74, 6) is -3.19. The summed E-state index contributed by atoms with van der Waals surface area (Å²) in [6.45, 7) is 3.25. The van der Waals surface area contributed by atoms with Crippen LogP contribution < -0.4 is 5.32 Å². The molecule has 9 heteroatoms. The Kier molecular flexibility index (Phi) is 4.04. The number of phenols is 2. The van der Waals surface area contributed by atoms with E-state index in [0.29, 0.717) is 0 Å². The van der Waals surface area contributed by atoms with Crippen molar-refractivity contribution in [2.24, 2.45) is 0 Å². The van der Waals surface area contributed by atoms with Crippen molar-refractivity contribution in [2.75, 3.05) is 5.32 Å². The van der Waals surface area contributed by atoms with Crippen LogP contribution in [0.3, 0.4) is 0 Å². The summed E-state index contributed by atoms with van der Waals surface area (Å²) in [5.41, 5.74) is -0.884. The summed E-state index contributed by atoms with van der Waals surface area (Å²) in [7, 11) is 0. The molecule has 0 unspecified atom stereocenters. The fourth-order valence-electron chi connectivity index (χ4n) is 1.64. The normalized spacial score (nSPS) is 10.2. The lowest BCUT2D eigenvalue weighted by Gasteiger charge is -2.06. The first-order chi connectivity index (χ1) is 10.3. The van der Waals surface area contributed by atoms with Crippen molar-refractivity contribution in [3.05, 3.63) is 35.5 Å². The Balaban J connectivity index is 2.65. The molecule has 0 bridgehead atoms. The number of anilines is 1. The van der Waals surface area contributed by atoms with E-state index in [1.54, 1.807) is 0 Å². The molecule has 0 aliphatic carbocycles. The lowest BCUT2D eigenvalue weighted by Crippen LogP contribution is -2.11. The van der Waals surface area contributed by atoms with Crippen LogP contribution in [0.2, 0.25) is 5.02 Å². The van der Waals surface area contributed by atoms with Gasteiger partial charge in [0.25, 0.3) is 0 Å². The number of hydrogen-bond acceptors (Lipinski definition) is 6. The average molecular weight is 325 g/mol. The van der Waals surface area contributed by atoms with E-state index in [2.05, 4.69) is 17.1 Å². The standard InChI is InChI=1S/C13H9ClN2O6/c1-2-9(19)15-10-11(13(20)21)16-22-12(10)5-3-6(14)8(18)4-7(5)17/h2-4,17-18H,1H2,(H,15,19)(H,20,21). The second kappa shape index (κ2) is 5.78. The minimum atomic E-state index is -1.45. The molecular formula is C13H9ClN2O6. The highest BCUT2D eigenvalue weighted by atomic mass is 35.5. The van der Waals surface area contributed by atoms with Gasteiger partial charge in [-0.2, -0.15) is 0 Å². The van der Waals surface area contributed by atoms with Crippen molar-refractivity contribution >= 4 is 29.2 Å². The number of benzene rings is 1. The molecule has 1 amide bonds. The maximum absolute atomic E-state index is 11.4. The third kappa shape index (κ3) is 2.72. The van der Waals surface area contributed by atoms with Crippen LogP contribution in [0.5, 0.6) is 11.5 Å². The molecule has 1 aromatic carbocycles. The highest BCUT2D eigenvalue weighted by Gasteiger charge is 2.26. The molecule has 0 saturated heterocycles. The SMILES string of the molecule is C=CC(=O)Nc1c(C(=O)O)noc1-c1cc(Cl)c(O)cc1O. The number of aromatic nitrogens is 1. The van der Waals surface area contributed by atoms with Crippen LogP contribution in [0.4, 0.5) is 5.69 Å². The molecule has 0 saturated carbocycles. The Morgan fingerprint density at radius 1 is 1.32 bits per heavy atom. The Morgan fingerprint density at radius 2 is 2.00 bits per heavy atom. The van der Waals surface area contributed by atoms with Crippen LogP contribution in [-0.4, -0.2) is 32.4 Å². The second-order valence-corrected chi connectivity index (χ2v) is 4.46. The van der Waals surface area contributed by atoms with Crippen molar-refractivity contribution in [1.29, 1.82) is 0 Å². The number of phenolic OH excluding ortho intramolecular Hbond substituents is 2. The van der Waals surface area contributed by atoms with Gasteiger partial charge in [0.05, 0.1) is 10.6 Å². The molecule has 0 fully saturated rings. The van der Waals surface area contributed by atoms with Crippen LogP contribution in [0.15, 0.2) is 29.3 Å². The van der Waals surface area contributed by atoms with E-state index in [0.717, 1.165) is 18.2 Å². The van der Waals surface area contributed by atoms with Gasteiger partial charge in [-0.3, -0.25) is 4.79 Å². The molecule has 22 heavy (non-hydrogen) atoms. The van der Waals surface area contributed by atoms with Gasteiger partial charge in [0, 0.05) is 6.07 Å². The first kappa shape index (κ1) is 15.4. The van der Waals surface area contributed by atoms with Crippen LogP contribution in [0.1, 0.15) is 10.5 Å². The van der Waals surface area contributed by atoms with Crippen molar-refractivity contribution in [2.45, 2.75) is 0 Å². The zero-order valence-electron chi connectivity index (χ0n) is 10.8. The van der Waals surface area contributed by atoms with Gasteiger partial charge in [-0.25, -0.2) is 4.79 Å². The fraction of sp³-hybridized carbons (Fsp3) is 0. The number of aromatic hydroxyl groups is 2. The Bertz CT molecular complexity index is 783. The minimum absolute atomic E-state index is 0.0536. The first-order valence-corrected chi connectivity index (χ1v) is 6.11. The molecule has 0 spiro atoms. The third-order valence-electron chi connectivity index (χ3n) is 2.64. The highest BCUT2D eigenvalue weighted by molar-refractivity contribution is 6.32. The Hall–Kier alpha value is -3.00. The predicted molar refractivity (Wildman–Crippen MR) is 76.1 cm³/mol. The lowest BCUT2D eigenvalue weighted by molar-refractivity contribution is -0.111. The number of rotatable bonds is 4. The molecule has 4 N–H and O–H groups in total. The first-order valence-electron chi connectivity index (χ1n) is 5.73. The number of carbonyl (C=O) groups excluding carboxylic acids is 1. The topological polar surface area (TPSA) is 133 Å². The minimum Gasteiger partial charge on any atom is -0.507 e. The fourth-order valence-corrected chi connectivity index (χ4v) is 1.81. The average Bonchev–Trinajstić information content (AvgIpc) is 2.86. The van der Waals surface area contributed by atoms with E-state index in [1.165, 1.54) is 0 Å². The quantitative estimate of drug-likeness (QED) is 0.634. The van der Waals surface area contributed by atoms with Gasteiger partial charge in [0.2, 0.25) is 11.6 Å². The van der Waals surface area contributed by atoms with E-state index < -0.39 is 23.3 Å². The molecule has 0 aliphatic rings. The summed E-state index contributed by atoms with van der Waals surface area (Å²) < 4.78 is 4.88. The Morgan fingerprint density at radius 3 is 2.59 bits per heavy atom. The van der Waals surface area contributed by atoms with Gasteiger partial charge in [0.1, 0.15) is 17.2 Å². The molecule has 8 nitrogen and oxygen atoms in total. The number of halogens is 1. The largest absolute Gasteiger partial charge is 0.507 e. The lowest BCUT2D eigenvalue weighted by atomic mass is 10.1. The molecule has 1 heterocycles. The van der Waals surface area contributed by atoms with E-state index in [-0.39, 0.29) is 27.8 Å². The summed E-state index contributed by atoms with van der Waals surface area (Å²) in [6.07, 6.45) is 0.923. The maximum Gasteiger partial charge on any atom is 0.360 e. The van der Waals surface area contributed by atoms with Crippen LogP contribution in [0.25, 0.3) is 11.3 Å². The predicted octanol–water partition coefficient (Wildman–Crippen LogP) is 2.23. The molecule has 114 valence electrons. The molecule has 0 atom stereocenters. The number of hydrogen-bond donors (Lipinski definition) is 4. The van der Waals surface area contributed by atoms with Crippen molar-refractivity contribution < 1.29 is 29.4 Å². The van der Waals surface area contributed by atoms with Gasteiger partial charge < -0.3 is 25.2 Å². The molecule has 2 aromatic rings. The van der Waals surface area contributed by atoms with Crippen LogP contribution in [-0.2, 0) is 4.79 Å². The number of carbonyl (C=O) groups is 2. The second-order valence-electron chi connectivity index (χ2n) is 4.05. The molecule has 0 aliphatic heterocycles. The highest BCUT2D eigenvalue weighted by Crippen LogP contribution is 2.41. The molecular weight excluding hydrogens is 316 g/mol. The van der Waals surface area contributed by atoms with Gasteiger partial charge in [-0.15, -0.1) is 0 Å². The van der Waals surface area contributed by atoms with E-state index in [9.17, 15) is 19.8 Å². The van der Waals surface area contributed by atoms with E-state index in [1.807, 2.05) is 0 Å². The smallest absolute Gasteiger partial charge is 0.360 e. The van der Waals surface area contributed by atoms with E-state index in [4.69, 9.17) is 21.2 Å². The van der Waals surface area contributed by atoms with Gasteiger partial charge in [-0.1, -0.05) is 23.3 Å². The van der Waals surface area contributed by atoms with Crippen molar-refractivity contribution in [3.63, 3.8) is 0 Å². The van der Waals surface area contributed by atoms with E-state index >= 15 is 0 Å². The maximum atomic E-state index is 11.4. The number of nitrogens with one attached hydrogen (secondary N) is 1. The van der Waals surface area contributed by atoms with Crippen molar-refractivity contribution in [1.82, 2.24) is 5.16 Å². The number of carboxylic acids is 1. The number of aromatic carboxylic acids is 1. The Labute approximate surface area is 128 Å². The number of nitrogens with zero attached hydrogens (tertiary/aromatic N) is 1. The molecule has 1 aromatic heterocycles. The zero-order chi connectivity index (χ0) is 16.4. The summed E-state index contributed by atoms with van der Waals surface area (Å²) in [4.78, 5) is 22.5. The third-order valence-corrected chi connectivity index (χ3v) is 2.94. The summed E-state index contributed by atoms with van der Waals surface area (Å²) in [5, 5.41) is 33.8.